The molecule has 2 fully saturated rings. The highest BCUT2D eigenvalue weighted by Crippen LogP contribution is 2.27. The highest BCUT2D eigenvalue weighted by molar-refractivity contribution is 5.77. The summed E-state index contributed by atoms with van der Waals surface area (Å²) < 4.78 is 13.2. The number of piperazine rings is 1. The first kappa shape index (κ1) is 16.2. The minimum atomic E-state index is -0.340. The first-order valence-electron chi connectivity index (χ1n) is 8.45. The molecule has 0 bridgehead atoms. The van der Waals surface area contributed by atoms with Crippen molar-refractivity contribution in [3.8, 4) is 0 Å². The van der Waals surface area contributed by atoms with Crippen LogP contribution in [0.3, 0.4) is 0 Å². The molecule has 2 aliphatic rings. The van der Waals surface area contributed by atoms with Crippen LogP contribution in [-0.2, 0) is 4.79 Å². The third-order valence-corrected chi connectivity index (χ3v) is 4.99. The van der Waals surface area contributed by atoms with E-state index in [-0.39, 0.29) is 23.7 Å². The van der Waals surface area contributed by atoms with E-state index in [1.165, 1.54) is 12.3 Å². The third kappa shape index (κ3) is 3.99. The number of halogens is 1. The van der Waals surface area contributed by atoms with Gasteiger partial charge in [0.25, 0.3) is 0 Å². The quantitative estimate of drug-likeness (QED) is 0.922. The second-order valence-electron chi connectivity index (χ2n) is 6.55. The summed E-state index contributed by atoms with van der Waals surface area (Å²) in [6.07, 6.45) is 6.90. The largest absolute Gasteiger partial charge is 0.393 e. The molecule has 0 radical (unpaired) electrons. The van der Waals surface area contributed by atoms with Gasteiger partial charge in [-0.2, -0.15) is 0 Å². The minimum absolute atomic E-state index is 0.113. The molecule has 1 amide bonds. The lowest BCUT2D eigenvalue weighted by Crippen LogP contribution is -2.49. The molecule has 1 N–H and O–H groups in total. The molecule has 5 nitrogen and oxygen atoms in total. The van der Waals surface area contributed by atoms with Gasteiger partial charge in [-0.25, -0.2) is 4.39 Å². The summed E-state index contributed by atoms with van der Waals surface area (Å²) in [5.41, 5.74) is 0.764. The topological polar surface area (TPSA) is 56.7 Å². The van der Waals surface area contributed by atoms with Gasteiger partial charge in [-0.15, -0.1) is 0 Å². The molecule has 0 spiro atoms. The van der Waals surface area contributed by atoms with E-state index in [1.807, 2.05) is 4.90 Å². The third-order valence-electron chi connectivity index (χ3n) is 4.99. The molecular formula is C17H24FN3O2. The van der Waals surface area contributed by atoms with Crippen molar-refractivity contribution in [1.82, 2.24) is 9.88 Å². The Morgan fingerprint density at radius 3 is 2.65 bits per heavy atom. The van der Waals surface area contributed by atoms with Crippen LogP contribution in [0, 0.1) is 11.7 Å². The van der Waals surface area contributed by atoms with Crippen LogP contribution in [0.5, 0.6) is 0 Å². The molecular weight excluding hydrogens is 297 g/mol. The van der Waals surface area contributed by atoms with Gasteiger partial charge < -0.3 is 14.9 Å². The molecule has 1 aliphatic heterocycles. The van der Waals surface area contributed by atoms with Crippen LogP contribution < -0.4 is 4.90 Å². The average molecular weight is 321 g/mol. The fourth-order valence-electron chi connectivity index (χ4n) is 3.57. The van der Waals surface area contributed by atoms with E-state index < -0.39 is 0 Å². The Morgan fingerprint density at radius 1 is 1.22 bits per heavy atom. The zero-order valence-electron chi connectivity index (χ0n) is 13.3. The van der Waals surface area contributed by atoms with Crippen molar-refractivity contribution in [2.24, 2.45) is 5.92 Å². The van der Waals surface area contributed by atoms with E-state index in [0.717, 1.165) is 31.4 Å². The van der Waals surface area contributed by atoms with E-state index >= 15 is 0 Å². The van der Waals surface area contributed by atoms with Crippen LogP contribution >= 0.6 is 0 Å². The summed E-state index contributed by atoms with van der Waals surface area (Å²) in [6.45, 7) is 2.64. The number of pyridine rings is 1. The molecule has 126 valence electrons. The fraction of sp³-hybridized carbons (Fsp3) is 0.647. The predicted molar refractivity (Wildman–Crippen MR) is 85.6 cm³/mol. The van der Waals surface area contributed by atoms with Crippen molar-refractivity contribution in [1.29, 1.82) is 0 Å². The van der Waals surface area contributed by atoms with Crippen molar-refractivity contribution in [3.63, 3.8) is 0 Å². The lowest BCUT2D eigenvalue weighted by atomic mass is 9.84. The Morgan fingerprint density at radius 2 is 1.96 bits per heavy atom. The normalized spacial score (nSPS) is 25.5. The molecule has 1 aromatic rings. The van der Waals surface area contributed by atoms with Crippen molar-refractivity contribution in [2.45, 2.75) is 38.2 Å². The van der Waals surface area contributed by atoms with Gasteiger partial charge in [0.2, 0.25) is 5.91 Å². The number of nitrogens with zero attached hydrogens (tertiary/aromatic N) is 3. The summed E-state index contributed by atoms with van der Waals surface area (Å²) >= 11 is 0. The smallest absolute Gasteiger partial charge is 0.223 e. The molecule has 23 heavy (non-hydrogen) atoms. The Kier molecular flexibility index (Phi) is 5.10. The van der Waals surface area contributed by atoms with Crippen LogP contribution in [0.25, 0.3) is 0 Å². The number of carbonyl (C=O) groups is 1. The van der Waals surface area contributed by atoms with Crippen molar-refractivity contribution >= 4 is 11.6 Å². The Bertz CT molecular complexity index is 546. The predicted octanol–water partition coefficient (Wildman–Crippen LogP) is 1.81. The highest BCUT2D eigenvalue weighted by Gasteiger charge is 2.28. The van der Waals surface area contributed by atoms with Gasteiger partial charge in [0.15, 0.2) is 0 Å². The maximum absolute atomic E-state index is 13.2. The number of carbonyl (C=O) groups excluding carboxylic acids is 1. The van der Waals surface area contributed by atoms with E-state index in [9.17, 15) is 14.3 Å². The molecule has 1 aromatic heterocycles. The molecule has 2 atom stereocenters. The number of aliphatic hydroxyl groups excluding tert-OH is 1. The first-order valence-corrected chi connectivity index (χ1v) is 8.45. The Labute approximate surface area is 136 Å². The molecule has 6 heteroatoms. The van der Waals surface area contributed by atoms with Gasteiger partial charge in [0.05, 0.1) is 24.2 Å². The van der Waals surface area contributed by atoms with Gasteiger partial charge >= 0.3 is 0 Å². The van der Waals surface area contributed by atoms with E-state index in [4.69, 9.17) is 0 Å². The molecule has 2 heterocycles. The molecule has 3 rings (SSSR count). The average Bonchev–Trinajstić information content (AvgIpc) is 2.57. The molecule has 1 saturated heterocycles. The monoisotopic (exact) mass is 321 g/mol. The van der Waals surface area contributed by atoms with Crippen LogP contribution in [0.4, 0.5) is 10.1 Å². The van der Waals surface area contributed by atoms with Crippen molar-refractivity contribution in [3.05, 3.63) is 24.3 Å². The number of amides is 1. The number of aromatic nitrogens is 1. The molecule has 1 saturated carbocycles. The number of rotatable bonds is 3. The Balaban J connectivity index is 1.51. The maximum atomic E-state index is 13.2. The minimum Gasteiger partial charge on any atom is -0.393 e. The van der Waals surface area contributed by atoms with E-state index in [2.05, 4.69) is 9.88 Å². The standard InChI is InChI=1S/C17H24FN3O2/c18-14-10-15(12-19-11-14)20-5-7-21(8-6-20)17(23)9-13-3-1-2-4-16(13)22/h10-13,16,22H,1-9H2/t13-,16+/m0/s1. The summed E-state index contributed by atoms with van der Waals surface area (Å²) in [5, 5.41) is 10.0. The zero-order chi connectivity index (χ0) is 16.2. The number of hydrogen-bond acceptors (Lipinski definition) is 4. The molecule has 1 aliphatic carbocycles. The number of anilines is 1. The van der Waals surface area contributed by atoms with Gasteiger partial charge in [-0.3, -0.25) is 9.78 Å². The SMILES string of the molecule is O=C(C[C@@H]1CCCC[C@H]1O)N1CCN(c2cncc(F)c2)CC1. The van der Waals surface area contributed by atoms with E-state index in [0.29, 0.717) is 32.6 Å². The second-order valence-corrected chi connectivity index (χ2v) is 6.55. The second kappa shape index (κ2) is 7.25. The highest BCUT2D eigenvalue weighted by atomic mass is 19.1. The van der Waals surface area contributed by atoms with Crippen LogP contribution in [0.15, 0.2) is 18.5 Å². The summed E-state index contributed by atoms with van der Waals surface area (Å²) in [7, 11) is 0. The van der Waals surface area contributed by atoms with Crippen molar-refractivity contribution < 1.29 is 14.3 Å². The van der Waals surface area contributed by atoms with Gasteiger partial charge in [-0.1, -0.05) is 12.8 Å². The molecule has 0 unspecified atom stereocenters. The maximum Gasteiger partial charge on any atom is 0.223 e. The first-order chi connectivity index (χ1) is 11.1. The summed E-state index contributed by atoms with van der Waals surface area (Å²) in [6, 6.07) is 1.48. The van der Waals surface area contributed by atoms with Crippen LogP contribution in [0.1, 0.15) is 32.1 Å². The number of aliphatic hydroxyl groups is 1. The van der Waals surface area contributed by atoms with Crippen LogP contribution in [-0.4, -0.2) is 53.2 Å². The van der Waals surface area contributed by atoms with Gasteiger partial charge in [-0.05, 0) is 18.8 Å². The van der Waals surface area contributed by atoms with Gasteiger partial charge in [0, 0.05) is 38.7 Å². The van der Waals surface area contributed by atoms with E-state index in [1.54, 1.807) is 6.20 Å². The van der Waals surface area contributed by atoms with Gasteiger partial charge in [0.1, 0.15) is 5.82 Å². The molecule has 0 aromatic carbocycles. The number of hydrogen-bond donors (Lipinski definition) is 1. The summed E-state index contributed by atoms with van der Waals surface area (Å²) in [5.74, 6) is -0.0954. The fourth-order valence-corrected chi connectivity index (χ4v) is 3.57. The lowest BCUT2D eigenvalue weighted by Gasteiger charge is -2.37. The van der Waals surface area contributed by atoms with Crippen LogP contribution in [0.2, 0.25) is 0 Å². The summed E-state index contributed by atoms with van der Waals surface area (Å²) in [4.78, 5) is 20.2. The lowest BCUT2D eigenvalue weighted by molar-refractivity contribution is -0.134. The van der Waals surface area contributed by atoms with Crippen molar-refractivity contribution in [2.75, 3.05) is 31.1 Å². The zero-order valence-corrected chi connectivity index (χ0v) is 13.3. The Hall–Kier alpha value is -1.69.